The lowest BCUT2D eigenvalue weighted by Crippen LogP contribution is -2.21. The van der Waals surface area contributed by atoms with E-state index in [4.69, 9.17) is 0 Å². The first-order valence-corrected chi connectivity index (χ1v) is 3.32. The molecule has 0 saturated carbocycles. The van der Waals surface area contributed by atoms with Gasteiger partial charge >= 0.3 is 0 Å². The molecule has 0 N–H and O–H groups in total. The molecule has 0 heterocycles. The summed E-state index contributed by atoms with van der Waals surface area (Å²) in [6, 6.07) is 0. The van der Waals surface area contributed by atoms with Crippen molar-refractivity contribution in [3.05, 3.63) is 25.3 Å². The molecule has 0 aromatic carbocycles. The van der Waals surface area contributed by atoms with Gasteiger partial charge in [0.15, 0.2) is 0 Å². The highest BCUT2D eigenvalue weighted by atomic mass is 16.1. The van der Waals surface area contributed by atoms with E-state index in [2.05, 4.69) is 13.2 Å². The van der Waals surface area contributed by atoms with Gasteiger partial charge in [0.2, 0.25) is 0 Å². The van der Waals surface area contributed by atoms with Crippen molar-refractivity contribution >= 4 is 5.78 Å². The zero-order chi connectivity index (χ0) is 8.20. The van der Waals surface area contributed by atoms with E-state index >= 15 is 0 Å². The van der Waals surface area contributed by atoms with Gasteiger partial charge in [-0.05, 0) is 20.3 Å². The topological polar surface area (TPSA) is 17.1 Å². The third kappa shape index (κ3) is 1.83. The Bertz CT molecular complexity index is 158. The molecule has 0 aliphatic carbocycles. The quantitative estimate of drug-likeness (QED) is 0.545. The predicted molar refractivity (Wildman–Crippen MR) is 43.8 cm³/mol. The fraction of sp³-hybridized carbons (Fsp3) is 0.444. The number of allylic oxidation sites excluding steroid dienone is 2. The first-order valence-electron chi connectivity index (χ1n) is 3.32. The summed E-state index contributed by atoms with van der Waals surface area (Å²) < 4.78 is 0. The summed E-state index contributed by atoms with van der Waals surface area (Å²) in [5, 5.41) is 0. The van der Waals surface area contributed by atoms with Crippen LogP contribution < -0.4 is 0 Å². The van der Waals surface area contributed by atoms with E-state index < -0.39 is 5.41 Å². The number of hydrogen-bond donors (Lipinski definition) is 0. The van der Waals surface area contributed by atoms with E-state index in [1.807, 2.05) is 6.92 Å². The highest BCUT2D eigenvalue weighted by Gasteiger charge is 2.23. The van der Waals surface area contributed by atoms with Crippen LogP contribution >= 0.6 is 0 Å². The minimum atomic E-state index is -0.401. The predicted octanol–water partition coefficient (Wildman–Crippen LogP) is 2.34. The fourth-order valence-corrected chi connectivity index (χ4v) is 0.671. The van der Waals surface area contributed by atoms with Crippen molar-refractivity contribution in [1.82, 2.24) is 0 Å². The van der Waals surface area contributed by atoms with E-state index in [0.717, 1.165) is 0 Å². The van der Waals surface area contributed by atoms with Gasteiger partial charge in [0, 0.05) is 5.41 Å². The van der Waals surface area contributed by atoms with Crippen LogP contribution in [0.25, 0.3) is 0 Å². The lowest BCUT2D eigenvalue weighted by Gasteiger charge is -2.19. The summed E-state index contributed by atoms with van der Waals surface area (Å²) in [7, 11) is 0. The molecule has 0 amide bonds. The highest BCUT2D eigenvalue weighted by Crippen LogP contribution is 2.23. The summed E-state index contributed by atoms with van der Waals surface area (Å²) in [4.78, 5) is 11.0. The fourth-order valence-electron chi connectivity index (χ4n) is 0.671. The average molecular weight is 138 g/mol. The Labute approximate surface area is 62.4 Å². The van der Waals surface area contributed by atoms with Crippen LogP contribution in [0.3, 0.4) is 0 Å². The van der Waals surface area contributed by atoms with Crippen LogP contribution in [0.5, 0.6) is 0 Å². The first kappa shape index (κ1) is 9.15. The molecule has 56 valence electrons. The number of ketones is 1. The summed E-state index contributed by atoms with van der Waals surface area (Å²) in [6.07, 6.45) is 4.09. The number of carbonyl (C=O) groups excluding carboxylic acids is 1. The van der Waals surface area contributed by atoms with Crippen LogP contribution in [0.2, 0.25) is 0 Å². The minimum absolute atomic E-state index is 0.141. The molecule has 0 aromatic heterocycles. The molecule has 0 saturated heterocycles. The van der Waals surface area contributed by atoms with Crippen molar-refractivity contribution in [2.45, 2.75) is 20.3 Å². The molecule has 1 unspecified atom stereocenters. The van der Waals surface area contributed by atoms with Gasteiger partial charge in [0.25, 0.3) is 0 Å². The molecule has 1 heteroatoms. The lowest BCUT2D eigenvalue weighted by atomic mass is 9.83. The molecule has 0 rings (SSSR count). The second kappa shape index (κ2) is 3.35. The Kier molecular flexibility index (Phi) is 3.07. The summed E-state index contributed by atoms with van der Waals surface area (Å²) in [5.74, 6) is 0.141. The van der Waals surface area contributed by atoms with E-state index in [9.17, 15) is 4.79 Å². The van der Waals surface area contributed by atoms with Crippen LogP contribution in [-0.2, 0) is 4.79 Å². The molecule has 10 heavy (non-hydrogen) atoms. The van der Waals surface area contributed by atoms with Crippen molar-refractivity contribution in [2.24, 2.45) is 5.41 Å². The Morgan fingerprint density at radius 1 is 1.60 bits per heavy atom. The van der Waals surface area contributed by atoms with Gasteiger partial charge in [-0.25, -0.2) is 0 Å². The maximum absolute atomic E-state index is 11.0. The summed E-state index contributed by atoms with van der Waals surface area (Å²) >= 11 is 0. The molecule has 0 bridgehead atoms. The van der Waals surface area contributed by atoms with Gasteiger partial charge in [-0.2, -0.15) is 0 Å². The van der Waals surface area contributed by atoms with Crippen molar-refractivity contribution < 1.29 is 4.79 Å². The van der Waals surface area contributed by atoms with Gasteiger partial charge in [0.1, 0.15) is 5.78 Å². The van der Waals surface area contributed by atoms with Gasteiger partial charge in [-0.1, -0.05) is 12.2 Å². The largest absolute Gasteiger partial charge is 0.299 e. The molecule has 1 atom stereocenters. The third-order valence-corrected chi connectivity index (χ3v) is 1.82. The monoisotopic (exact) mass is 138 g/mol. The number of carbonyl (C=O) groups is 1. The molecule has 0 radical (unpaired) electrons. The molecule has 1 nitrogen and oxygen atoms in total. The van der Waals surface area contributed by atoms with E-state index in [-0.39, 0.29) is 5.78 Å². The van der Waals surface area contributed by atoms with Crippen LogP contribution in [0.4, 0.5) is 0 Å². The molecule has 0 aliphatic rings. The van der Waals surface area contributed by atoms with Crippen molar-refractivity contribution in [3.63, 3.8) is 0 Å². The summed E-state index contributed by atoms with van der Waals surface area (Å²) in [6.45, 7) is 10.6. The smallest absolute Gasteiger partial charge is 0.139 e. The van der Waals surface area contributed by atoms with Crippen LogP contribution in [0, 0.1) is 5.41 Å². The first-order chi connectivity index (χ1) is 4.56. The highest BCUT2D eigenvalue weighted by molar-refractivity contribution is 5.83. The Morgan fingerprint density at radius 3 is 2.20 bits per heavy atom. The molecule has 0 aliphatic heterocycles. The second-order valence-electron chi connectivity index (χ2n) is 2.67. The Balaban J connectivity index is 4.36. The van der Waals surface area contributed by atoms with Crippen LogP contribution in [-0.4, -0.2) is 5.78 Å². The van der Waals surface area contributed by atoms with Crippen molar-refractivity contribution in [2.75, 3.05) is 0 Å². The van der Waals surface area contributed by atoms with Crippen molar-refractivity contribution in [1.29, 1.82) is 0 Å². The average Bonchev–Trinajstić information content (AvgIpc) is 1.88. The number of rotatable bonds is 4. The maximum atomic E-state index is 11.0. The van der Waals surface area contributed by atoms with Crippen molar-refractivity contribution in [3.8, 4) is 0 Å². The maximum Gasteiger partial charge on any atom is 0.139 e. The minimum Gasteiger partial charge on any atom is -0.299 e. The number of Topliss-reactive ketones (excluding diaryl/α,β-unsaturated/α-hetero) is 1. The van der Waals surface area contributed by atoms with E-state index in [1.165, 1.54) is 0 Å². The SMILES string of the molecule is C=CCC(C)(C=C)C(C)=O. The van der Waals surface area contributed by atoms with Gasteiger partial charge in [-0.3, -0.25) is 4.79 Å². The Hall–Kier alpha value is -0.850. The zero-order valence-electron chi connectivity index (χ0n) is 6.68. The molecule has 0 spiro atoms. The standard InChI is InChI=1S/C9H14O/c1-5-7-9(4,6-2)8(3)10/h5-6H,1-2,7H2,3-4H3. The zero-order valence-corrected chi connectivity index (χ0v) is 6.68. The van der Waals surface area contributed by atoms with Gasteiger partial charge in [-0.15, -0.1) is 13.2 Å². The van der Waals surface area contributed by atoms with Gasteiger partial charge < -0.3 is 0 Å². The molecule has 0 aromatic rings. The van der Waals surface area contributed by atoms with Gasteiger partial charge in [0.05, 0.1) is 0 Å². The van der Waals surface area contributed by atoms with Crippen LogP contribution in [0.15, 0.2) is 25.3 Å². The Morgan fingerprint density at radius 2 is 2.10 bits per heavy atom. The van der Waals surface area contributed by atoms with E-state index in [1.54, 1.807) is 19.1 Å². The lowest BCUT2D eigenvalue weighted by molar-refractivity contribution is -0.123. The van der Waals surface area contributed by atoms with E-state index in [0.29, 0.717) is 6.42 Å². The second-order valence-corrected chi connectivity index (χ2v) is 2.67. The molecule has 0 fully saturated rings. The van der Waals surface area contributed by atoms with Crippen LogP contribution in [0.1, 0.15) is 20.3 Å². The molecular weight excluding hydrogens is 124 g/mol. The number of hydrogen-bond acceptors (Lipinski definition) is 1. The summed E-state index contributed by atoms with van der Waals surface area (Å²) in [5.41, 5.74) is -0.401. The molecular formula is C9H14O. The normalized spacial score (nSPS) is 15.4. The third-order valence-electron chi connectivity index (χ3n) is 1.82.